The van der Waals surface area contributed by atoms with Crippen LogP contribution in [-0.4, -0.2) is 23.9 Å². The van der Waals surface area contributed by atoms with Crippen LogP contribution in [0.2, 0.25) is 5.02 Å². The number of methoxy groups -OCH3 is 1. The molecular weight excluding hydrogens is 204 g/mol. The zero-order valence-electron chi connectivity index (χ0n) is 8.08. The molecule has 76 valence electrons. The Morgan fingerprint density at radius 1 is 1.64 bits per heavy atom. The van der Waals surface area contributed by atoms with Crippen LogP contribution in [0.15, 0.2) is 12.8 Å². The monoisotopic (exact) mass is 214 g/mol. The Balaban J connectivity index is 3.07. The molecule has 0 N–H and O–H groups in total. The van der Waals surface area contributed by atoms with Gasteiger partial charge in [0.2, 0.25) is 0 Å². The van der Waals surface area contributed by atoms with E-state index < -0.39 is 0 Å². The minimum atomic E-state index is 0.387. The van der Waals surface area contributed by atoms with Crippen LogP contribution >= 0.6 is 11.6 Å². The lowest BCUT2D eigenvalue weighted by atomic mass is 10.3. The van der Waals surface area contributed by atoms with Gasteiger partial charge in [-0.1, -0.05) is 18.2 Å². The van der Waals surface area contributed by atoms with Crippen LogP contribution in [-0.2, 0) is 4.74 Å². The van der Waals surface area contributed by atoms with Gasteiger partial charge < -0.3 is 9.47 Å². The third-order valence-electron chi connectivity index (χ3n) is 1.55. The van der Waals surface area contributed by atoms with E-state index in [1.165, 1.54) is 13.3 Å². The molecule has 0 aliphatic carbocycles. The van der Waals surface area contributed by atoms with Crippen LogP contribution in [0.1, 0.15) is 12.6 Å². The average Bonchev–Trinajstić information content (AvgIpc) is 2.17. The van der Waals surface area contributed by atoms with Gasteiger partial charge in [0.1, 0.15) is 10.8 Å². The topological polar surface area (TPSA) is 44.2 Å². The van der Waals surface area contributed by atoms with Gasteiger partial charge in [0, 0.05) is 0 Å². The minimum absolute atomic E-state index is 0.387. The molecule has 0 aliphatic heterocycles. The van der Waals surface area contributed by atoms with Crippen LogP contribution in [0.5, 0.6) is 5.75 Å². The van der Waals surface area contributed by atoms with E-state index in [9.17, 15) is 0 Å². The average molecular weight is 215 g/mol. The maximum absolute atomic E-state index is 5.85. The van der Waals surface area contributed by atoms with Crippen LogP contribution in [0.3, 0.4) is 0 Å². The molecule has 1 heterocycles. The van der Waals surface area contributed by atoms with Gasteiger partial charge in [-0.3, -0.25) is 0 Å². The Morgan fingerprint density at radius 2 is 2.36 bits per heavy atom. The molecule has 0 aromatic carbocycles. The van der Waals surface area contributed by atoms with Gasteiger partial charge in [-0.15, -0.1) is 5.10 Å². The molecule has 0 amide bonds. The van der Waals surface area contributed by atoms with E-state index >= 15 is 0 Å². The lowest BCUT2D eigenvalue weighted by Crippen LogP contribution is -2.00. The molecule has 0 radical (unpaired) electrons. The van der Waals surface area contributed by atoms with E-state index in [-0.39, 0.29) is 0 Å². The van der Waals surface area contributed by atoms with Gasteiger partial charge in [-0.2, -0.15) is 5.10 Å². The Labute approximate surface area is 87.5 Å². The summed E-state index contributed by atoms with van der Waals surface area (Å²) in [6.45, 7) is 6.07. The standard InChI is InChI=1S/C9H11ClN2O2/c1-4-14-6(2)8-9(13-3)7(10)5-11-12-8/h5H,2,4H2,1,3H3. The van der Waals surface area contributed by atoms with Crippen LogP contribution < -0.4 is 4.74 Å². The molecule has 0 spiro atoms. The smallest absolute Gasteiger partial charge is 0.170 e. The van der Waals surface area contributed by atoms with Crippen molar-refractivity contribution in [1.82, 2.24) is 10.2 Å². The number of nitrogens with zero attached hydrogens (tertiary/aromatic N) is 2. The Kier molecular flexibility index (Phi) is 3.71. The summed E-state index contributed by atoms with van der Waals surface area (Å²) in [5, 5.41) is 7.93. The van der Waals surface area contributed by atoms with Crippen molar-refractivity contribution in [2.24, 2.45) is 0 Å². The Bertz CT molecular complexity index is 342. The fourth-order valence-corrected chi connectivity index (χ4v) is 1.18. The van der Waals surface area contributed by atoms with E-state index in [0.717, 1.165) is 0 Å². The zero-order chi connectivity index (χ0) is 10.6. The first-order valence-corrected chi connectivity index (χ1v) is 4.45. The fourth-order valence-electron chi connectivity index (χ4n) is 0.974. The highest BCUT2D eigenvalue weighted by atomic mass is 35.5. The van der Waals surface area contributed by atoms with Crippen molar-refractivity contribution in [2.75, 3.05) is 13.7 Å². The summed E-state index contributed by atoms with van der Waals surface area (Å²) in [5.74, 6) is 0.833. The number of rotatable bonds is 4. The molecule has 0 saturated carbocycles. The molecule has 1 rings (SSSR count). The quantitative estimate of drug-likeness (QED) is 0.721. The molecule has 0 fully saturated rings. The van der Waals surface area contributed by atoms with Crippen molar-refractivity contribution in [1.29, 1.82) is 0 Å². The third-order valence-corrected chi connectivity index (χ3v) is 1.82. The predicted octanol–water partition coefficient (Wildman–Crippen LogP) is 2.15. The van der Waals surface area contributed by atoms with Crippen molar-refractivity contribution >= 4 is 17.4 Å². The predicted molar refractivity (Wildman–Crippen MR) is 54.3 cm³/mol. The Morgan fingerprint density at radius 3 is 2.93 bits per heavy atom. The molecular formula is C9H11ClN2O2. The van der Waals surface area contributed by atoms with Crippen LogP contribution in [0.4, 0.5) is 0 Å². The van der Waals surface area contributed by atoms with Gasteiger partial charge in [-0.05, 0) is 6.92 Å². The largest absolute Gasteiger partial charge is 0.493 e. The van der Waals surface area contributed by atoms with Gasteiger partial charge in [0.15, 0.2) is 11.4 Å². The second kappa shape index (κ2) is 4.81. The highest BCUT2D eigenvalue weighted by molar-refractivity contribution is 6.32. The second-order valence-corrected chi connectivity index (χ2v) is 2.84. The lowest BCUT2D eigenvalue weighted by Gasteiger charge is -2.10. The van der Waals surface area contributed by atoms with E-state index in [4.69, 9.17) is 21.1 Å². The lowest BCUT2D eigenvalue weighted by molar-refractivity contribution is 0.294. The maximum Gasteiger partial charge on any atom is 0.170 e. The molecule has 0 atom stereocenters. The van der Waals surface area contributed by atoms with Crippen molar-refractivity contribution in [3.05, 3.63) is 23.5 Å². The summed E-state index contributed by atoms with van der Waals surface area (Å²) < 4.78 is 10.3. The molecule has 0 aliphatic rings. The van der Waals surface area contributed by atoms with Gasteiger partial charge in [0.25, 0.3) is 0 Å². The first kappa shape index (κ1) is 10.8. The van der Waals surface area contributed by atoms with E-state index in [0.29, 0.717) is 28.8 Å². The fraction of sp³-hybridized carbons (Fsp3) is 0.333. The Hall–Kier alpha value is -1.29. The van der Waals surface area contributed by atoms with E-state index in [1.54, 1.807) is 0 Å². The summed E-state index contributed by atoms with van der Waals surface area (Å²) >= 11 is 5.85. The van der Waals surface area contributed by atoms with Gasteiger partial charge in [0.05, 0.1) is 19.9 Å². The molecule has 1 aromatic rings. The normalized spacial score (nSPS) is 9.64. The minimum Gasteiger partial charge on any atom is -0.493 e. The molecule has 0 bridgehead atoms. The number of hydrogen-bond acceptors (Lipinski definition) is 4. The van der Waals surface area contributed by atoms with Crippen molar-refractivity contribution in [3.63, 3.8) is 0 Å². The van der Waals surface area contributed by atoms with Crippen LogP contribution in [0, 0.1) is 0 Å². The zero-order valence-corrected chi connectivity index (χ0v) is 8.84. The summed E-state index contributed by atoms with van der Waals surface area (Å²) in [6.07, 6.45) is 1.41. The van der Waals surface area contributed by atoms with Crippen LogP contribution in [0.25, 0.3) is 5.76 Å². The molecule has 0 saturated heterocycles. The SMILES string of the molecule is C=C(OCC)c1nncc(Cl)c1OC. The summed E-state index contributed by atoms with van der Waals surface area (Å²) in [5.41, 5.74) is 0.432. The molecule has 0 unspecified atom stereocenters. The third kappa shape index (κ3) is 2.14. The van der Waals surface area contributed by atoms with E-state index in [2.05, 4.69) is 16.8 Å². The summed E-state index contributed by atoms with van der Waals surface area (Å²) in [6, 6.07) is 0. The first-order chi connectivity index (χ1) is 6.70. The number of hydrogen-bond donors (Lipinski definition) is 0. The second-order valence-electron chi connectivity index (χ2n) is 2.43. The van der Waals surface area contributed by atoms with E-state index in [1.807, 2.05) is 6.92 Å². The maximum atomic E-state index is 5.85. The molecule has 5 heteroatoms. The number of ether oxygens (including phenoxy) is 2. The molecule has 4 nitrogen and oxygen atoms in total. The highest BCUT2D eigenvalue weighted by Gasteiger charge is 2.13. The number of halogens is 1. The summed E-state index contributed by atoms with van der Waals surface area (Å²) in [4.78, 5) is 0. The molecule has 1 aromatic heterocycles. The van der Waals surface area contributed by atoms with Crippen molar-refractivity contribution in [3.8, 4) is 5.75 Å². The highest BCUT2D eigenvalue weighted by Crippen LogP contribution is 2.29. The molecule has 14 heavy (non-hydrogen) atoms. The van der Waals surface area contributed by atoms with Crippen molar-refractivity contribution in [2.45, 2.75) is 6.92 Å². The summed E-state index contributed by atoms with van der Waals surface area (Å²) in [7, 11) is 1.51. The van der Waals surface area contributed by atoms with Gasteiger partial charge >= 0.3 is 0 Å². The first-order valence-electron chi connectivity index (χ1n) is 4.08. The number of aromatic nitrogens is 2. The van der Waals surface area contributed by atoms with Gasteiger partial charge in [-0.25, -0.2) is 0 Å². The van der Waals surface area contributed by atoms with Crippen molar-refractivity contribution < 1.29 is 9.47 Å².